The quantitative estimate of drug-likeness (QED) is 0.303. The van der Waals surface area contributed by atoms with E-state index in [-0.39, 0.29) is 11.5 Å². The van der Waals surface area contributed by atoms with E-state index in [1.807, 2.05) is 24.3 Å². The topological polar surface area (TPSA) is 71.2 Å². The molecule has 0 saturated carbocycles. The summed E-state index contributed by atoms with van der Waals surface area (Å²) in [4.78, 5) is 13.1. The molecule has 30 heavy (non-hydrogen) atoms. The minimum absolute atomic E-state index is 0.186. The molecule has 5 rings (SSSR count). The third-order valence-corrected chi connectivity index (χ3v) is 4.65. The summed E-state index contributed by atoms with van der Waals surface area (Å²) in [6.07, 6.45) is 1.80. The van der Waals surface area contributed by atoms with Gasteiger partial charge in [0.25, 0.3) is 0 Å². The Morgan fingerprint density at radius 3 is 2.23 bits per heavy atom. The number of fused-ring (bicyclic) bond motifs is 4. The van der Waals surface area contributed by atoms with E-state index in [1.54, 1.807) is 24.4 Å². The third-order valence-electron chi connectivity index (χ3n) is 4.65. The molecule has 5 nitrogen and oxygen atoms in total. The Balaban J connectivity index is 1.61. The van der Waals surface area contributed by atoms with Crippen molar-refractivity contribution in [2.75, 3.05) is 0 Å². The van der Waals surface area contributed by atoms with Gasteiger partial charge in [-0.25, -0.2) is 23.1 Å². The summed E-state index contributed by atoms with van der Waals surface area (Å²) in [5.74, 6) is -4.18. The number of aromatic nitrogens is 2. The molecule has 0 spiro atoms. The molecule has 3 aromatic carbocycles. The number of rotatable bonds is 2. The summed E-state index contributed by atoms with van der Waals surface area (Å²) in [6.45, 7) is 0. The summed E-state index contributed by atoms with van der Waals surface area (Å²) in [6, 6.07) is 13.6. The maximum Gasteiger partial charge on any atom is 0.206 e. The Bertz CT molecular complexity index is 1400. The molecular formula is C22H9F3N4O. The van der Waals surface area contributed by atoms with E-state index in [1.165, 1.54) is 0 Å². The van der Waals surface area contributed by atoms with Gasteiger partial charge in [0.15, 0.2) is 17.5 Å². The van der Waals surface area contributed by atoms with Gasteiger partial charge in [0.2, 0.25) is 6.19 Å². The largest absolute Gasteiger partial charge is 0.457 e. The summed E-state index contributed by atoms with van der Waals surface area (Å²) in [5, 5.41) is 9.04. The predicted octanol–water partition coefficient (Wildman–Crippen LogP) is 5.14. The molecule has 0 N–H and O–H groups in total. The molecule has 4 aromatic rings. The zero-order valence-electron chi connectivity index (χ0n) is 15.0. The molecule has 1 aliphatic carbocycles. The molecular weight excluding hydrogens is 393 g/mol. The van der Waals surface area contributed by atoms with Gasteiger partial charge in [-0.3, -0.25) is 0 Å². The van der Waals surface area contributed by atoms with E-state index in [0.717, 1.165) is 23.3 Å². The average Bonchev–Trinajstić information content (AvgIpc) is 3.04. The van der Waals surface area contributed by atoms with Gasteiger partial charge in [0.05, 0.1) is 16.7 Å². The number of hydrogen-bond donors (Lipinski definition) is 0. The van der Waals surface area contributed by atoms with Gasteiger partial charge in [-0.1, -0.05) is 24.3 Å². The Hall–Kier alpha value is -4.25. The fourth-order valence-electron chi connectivity index (χ4n) is 3.36. The molecule has 0 aliphatic heterocycles. The monoisotopic (exact) mass is 402 g/mol. The van der Waals surface area contributed by atoms with E-state index in [9.17, 15) is 13.2 Å². The first-order chi connectivity index (χ1) is 14.5. The highest BCUT2D eigenvalue weighted by atomic mass is 19.2. The Morgan fingerprint density at radius 1 is 0.800 bits per heavy atom. The molecule has 0 radical (unpaired) electrons. The highest BCUT2D eigenvalue weighted by Gasteiger charge is 2.28. The molecule has 8 heteroatoms. The first-order valence-electron chi connectivity index (χ1n) is 8.76. The van der Waals surface area contributed by atoms with Gasteiger partial charge < -0.3 is 4.74 Å². The number of nitrogens with zero attached hydrogens (tertiary/aromatic N) is 4. The highest BCUT2D eigenvalue weighted by Crippen LogP contribution is 2.36. The van der Waals surface area contributed by atoms with Crippen LogP contribution in [-0.4, -0.2) is 15.7 Å². The smallest absolute Gasteiger partial charge is 0.206 e. The lowest BCUT2D eigenvalue weighted by Gasteiger charge is -2.08. The summed E-state index contributed by atoms with van der Waals surface area (Å²) in [7, 11) is 0. The van der Waals surface area contributed by atoms with E-state index in [0.29, 0.717) is 28.1 Å². The highest BCUT2D eigenvalue weighted by molar-refractivity contribution is 6.23. The first-order valence-corrected chi connectivity index (χ1v) is 8.76. The van der Waals surface area contributed by atoms with Crippen molar-refractivity contribution in [2.45, 2.75) is 0 Å². The van der Waals surface area contributed by atoms with E-state index < -0.39 is 17.5 Å². The van der Waals surface area contributed by atoms with Crippen LogP contribution in [0.4, 0.5) is 13.2 Å². The van der Waals surface area contributed by atoms with Gasteiger partial charge in [-0.2, -0.15) is 10.3 Å². The molecule has 0 saturated heterocycles. The third kappa shape index (κ3) is 2.76. The SMILES string of the molecule is N#CN=C1c2ccccc2-c2nc3cc(Oc4cc(F)c(F)c(F)c4)ccc3nc21. The van der Waals surface area contributed by atoms with Crippen molar-refractivity contribution in [3.8, 4) is 28.9 Å². The normalized spacial score (nSPS) is 13.2. The van der Waals surface area contributed by atoms with Crippen molar-refractivity contribution in [1.29, 1.82) is 5.26 Å². The van der Waals surface area contributed by atoms with Crippen molar-refractivity contribution in [3.05, 3.63) is 83.3 Å². The van der Waals surface area contributed by atoms with Crippen LogP contribution in [0, 0.1) is 28.9 Å². The molecule has 1 heterocycles. The van der Waals surface area contributed by atoms with Crippen molar-refractivity contribution < 1.29 is 17.9 Å². The zero-order valence-corrected chi connectivity index (χ0v) is 15.0. The molecule has 0 atom stereocenters. The lowest BCUT2D eigenvalue weighted by Crippen LogP contribution is -2.02. The Labute approximate surface area is 167 Å². The van der Waals surface area contributed by atoms with Crippen LogP contribution >= 0.6 is 0 Å². The molecule has 144 valence electrons. The second-order valence-electron chi connectivity index (χ2n) is 6.48. The number of benzene rings is 3. The number of hydrogen-bond acceptors (Lipinski definition) is 5. The maximum atomic E-state index is 13.4. The summed E-state index contributed by atoms with van der Waals surface area (Å²) < 4.78 is 45.5. The standard InChI is InChI=1S/C22H9F3N4O/c23-15-7-12(8-16(24)19(15)25)30-11-5-6-17-18(9-11)29-21-14-4-2-1-3-13(14)20(27-10-26)22(21)28-17/h1-9H. The molecule has 1 aliphatic rings. The van der Waals surface area contributed by atoms with E-state index >= 15 is 0 Å². The van der Waals surface area contributed by atoms with Crippen molar-refractivity contribution in [2.24, 2.45) is 4.99 Å². The minimum atomic E-state index is -1.56. The molecule has 0 bridgehead atoms. The van der Waals surface area contributed by atoms with Gasteiger partial charge in [-0.15, -0.1) is 0 Å². The predicted molar refractivity (Wildman–Crippen MR) is 103 cm³/mol. The number of aliphatic imine (C=N–C) groups is 1. The molecule has 0 amide bonds. The van der Waals surface area contributed by atoms with Gasteiger partial charge in [0, 0.05) is 29.3 Å². The van der Waals surface area contributed by atoms with Gasteiger partial charge in [0.1, 0.15) is 22.9 Å². The van der Waals surface area contributed by atoms with Gasteiger partial charge >= 0.3 is 0 Å². The van der Waals surface area contributed by atoms with Crippen LogP contribution in [0.5, 0.6) is 11.5 Å². The molecule has 1 aromatic heterocycles. The van der Waals surface area contributed by atoms with E-state index in [2.05, 4.69) is 15.0 Å². The van der Waals surface area contributed by atoms with E-state index in [4.69, 9.17) is 10.00 Å². The fraction of sp³-hybridized carbons (Fsp3) is 0. The summed E-state index contributed by atoms with van der Waals surface area (Å²) >= 11 is 0. The number of halogens is 3. The molecule has 0 fully saturated rings. The first kappa shape index (κ1) is 17.8. The molecule has 0 unspecified atom stereocenters. The minimum Gasteiger partial charge on any atom is -0.457 e. The summed E-state index contributed by atoms with van der Waals surface area (Å²) in [5.41, 5.74) is 4.08. The van der Waals surface area contributed by atoms with Crippen LogP contribution in [0.1, 0.15) is 11.3 Å². The van der Waals surface area contributed by atoms with Crippen LogP contribution in [0.3, 0.4) is 0 Å². The second kappa shape index (κ2) is 6.67. The maximum absolute atomic E-state index is 13.4. The van der Waals surface area contributed by atoms with Crippen LogP contribution < -0.4 is 4.74 Å². The van der Waals surface area contributed by atoms with Gasteiger partial charge in [-0.05, 0) is 12.1 Å². The van der Waals surface area contributed by atoms with Crippen LogP contribution in [0.15, 0.2) is 59.6 Å². The van der Waals surface area contributed by atoms with Crippen molar-refractivity contribution >= 4 is 16.7 Å². The number of ether oxygens (including phenoxy) is 1. The lowest BCUT2D eigenvalue weighted by molar-refractivity contribution is 0.424. The van der Waals surface area contributed by atoms with Crippen LogP contribution in [0.25, 0.3) is 22.3 Å². The fourth-order valence-corrected chi connectivity index (χ4v) is 3.36. The Morgan fingerprint density at radius 2 is 1.50 bits per heavy atom. The van der Waals surface area contributed by atoms with Crippen molar-refractivity contribution in [1.82, 2.24) is 9.97 Å². The van der Waals surface area contributed by atoms with Crippen LogP contribution in [-0.2, 0) is 0 Å². The number of nitriles is 1. The van der Waals surface area contributed by atoms with Crippen LogP contribution in [0.2, 0.25) is 0 Å². The Kier molecular flexibility index (Phi) is 3.96. The van der Waals surface area contributed by atoms with Crippen molar-refractivity contribution in [3.63, 3.8) is 0 Å². The second-order valence-corrected chi connectivity index (χ2v) is 6.48. The lowest BCUT2D eigenvalue weighted by atomic mass is 10.1. The average molecular weight is 402 g/mol. The zero-order chi connectivity index (χ0) is 20.8.